The van der Waals surface area contributed by atoms with Crippen molar-refractivity contribution < 1.29 is 14.2 Å². The zero-order valence-electron chi connectivity index (χ0n) is 19.9. The fourth-order valence-corrected chi connectivity index (χ4v) is 3.93. The van der Waals surface area contributed by atoms with Crippen molar-refractivity contribution in [1.29, 1.82) is 0 Å². The van der Waals surface area contributed by atoms with Crippen LogP contribution in [0.4, 0.5) is 0 Å². The highest BCUT2D eigenvalue weighted by Crippen LogP contribution is 2.23. The van der Waals surface area contributed by atoms with Gasteiger partial charge >= 0.3 is 0 Å². The van der Waals surface area contributed by atoms with E-state index in [-0.39, 0.29) is 6.04 Å². The number of nitrogens with one attached hydrogen (secondary N) is 2. The zero-order valence-corrected chi connectivity index (χ0v) is 19.9. The summed E-state index contributed by atoms with van der Waals surface area (Å²) in [5, 5.41) is 6.91. The highest BCUT2D eigenvalue weighted by Gasteiger charge is 2.19. The van der Waals surface area contributed by atoms with Gasteiger partial charge in [0.05, 0.1) is 13.2 Å². The standard InChI is InChI=1S/C24H42N4O3/c1-5-28(6-2)23(21-9-7-10-22(17-21)29-4)18-27-24(25-3)26-13-8-14-31-19-20-11-15-30-16-12-20/h7,9-10,17,20,23H,5-6,8,11-16,18-19H2,1-4H3,(H2,25,26,27). The molecule has 0 aromatic heterocycles. The maximum Gasteiger partial charge on any atom is 0.191 e. The summed E-state index contributed by atoms with van der Waals surface area (Å²) in [4.78, 5) is 6.83. The lowest BCUT2D eigenvalue weighted by atomic mass is 10.0. The van der Waals surface area contributed by atoms with Crippen molar-refractivity contribution in [3.8, 4) is 5.75 Å². The van der Waals surface area contributed by atoms with E-state index in [1.54, 1.807) is 7.11 Å². The maximum atomic E-state index is 5.85. The second-order valence-electron chi connectivity index (χ2n) is 7.88. The van der Waals surface area contributed by atoms with Crippen LogP contribution in [-0.2, 0) is 9.47 Å². The van der Waals surface area contributed by atoms with Gasteiger partial charge in [-0.15, -0.1) is 0 Å². The van der Waals surface area contributed by atoms with Gasteiger partial charge in [-0.2, -0.15) is 0 Å². The number of likely N-dealkylation sites (N-methyl/N-ethyl adjacent to an activating group) is 1. The van der Waals surface area contributed by atoms with E-state index in [1.165, 1.54) is 5.56 Å². The summed E-state index contributed by atoms with van der Waals surface area (Å²) in [6.45, 7) is 11.3. The first kappa shape index (κ1) is 25.4. The molecule has 31 heavy (non-hydrogen) atoms. The van der Waals surface area contributed by atoms with Crippen LogP contribution in [0.25, 0.3) is 0 Å². The highest BCUT2D eigenvalue weighted by atomic mass is 16.5. The van der Waals surface area contributed by atoms with Gasteiger partial charge in [-0.3, -0.25) is 9.89 Å². The second-order valence-corrected chi connectivity index (χ2v) is 7.88. The normalized spacial score (nSPS) is 16.4. The molecule has 1 aliphatic rings. The SMILES string of the molecule is CCN(CC)C(CNC(=NC)NCCCOCC1CCOCC1)c1cccc(OC)c1. The van der Waals surface area contributed by atoms with Gasteiger partial charge in [0.1, 0.15) is 5.75 Å². The first-order valence-electron chi connectivity index (χ1n) is 11.7. The largest absolute Gasteiger partial charge is 0.497 e. The number of nitrogens with zero attached hydrogens (tertiary/aromatic N) is 2. The molecule has 0 bridgehead atoms. The molecule has 1 unspecified atom stereocenters. The number of methoxy groups -OCH3 is 1. The number of hydrogen-bond donors (Lipinski definition) is 2. The smallest absolute Gasteiger partial charge is 0.191 e. The summed E-state index contributed by atoms with van der Waals surface area (Å²) in [6.07, 6.45) is 3.20. The Hall–Kier alpha value is -1.83. The van der Waals surface area contributed by atoms with Crippen LogP contribution in [0.2, 0.25) is 0 Å². The second kappa shape index (κ2) is 15.1. The molecule has 1 saturated heterocycles. The van der Waals surface area contributed by atoms with Crippen LogP contribution in [0.3, 0.4) is 0 Å². The van der Waals surface area contributed by atoms with Gasteiger partial charge in [-0.1, -0.05) is 26.0 Å². The van der Waals surface area contributed by atoms with Crippen molar-refractivity contribution in [3.05, 3.63) is 29.8 Å². The molecular weight excluding hydrogens is 392 g/mol. The first-order chi connectivity index (χ1) is 15.2. The molecular formula is C24H42N4O3. The van der Waals surface area contributed by atoms with E-state index in [2.05, 4.69) is 52.6 Å². The molecule has 176 valence electrons. The van der Waals surface area contributed by atoms with Crippen LogP contribution < -0.4 is 15.4 Å². The van der Waals surface area contributed by atoms with E-state index < -0.39 is 0 Å². The molecule has 1 aromatic rings. The number of guanidine groups is 1. The van der Waals surface area contributed by atoms with Crippen LogP contribution in [0.15, 0.2) is 29.3 Å². The lowest BCUT2D eigenvalue weighted by Crippen LogP contribution is -2.43. The van der Waals surface area contributed by atoms with E-state index >= 15 is 0 Å². The topological polar surface area (TPSA) is 67.4 Å². The molecule has 7 nitrogen and oxygen atoms in total. The Morgan fingerprint density at radius 1 is 1.23 bits per heavy atom. The van der Waals surface area contributed by atoms with Crippen LogP contribution >= 0.6 is 0 Å². The third-order valence-corrected chi connectivity index (χ3v) is 5.87. The fourth-order valence-electron chi connectivity index (χ4n) is 3.93. The summed E-state index contributed by atoms with van der Waals surface area (Å²) >= 11 is 0. The molecule has 0 amide bonds. The number of ether oxygens (including phenoxy) is 3. The van der Waals surface area contributed by atoms with Crippen molar-refractivity contribution in [2.45, 2.75) is 39.2 Å². The number of rotatable bonds is 13. The van der Waals surface area contributed by atoms with Gasteiger partial charge in [0.15, 0.2) is 5.96 Å². The number of benzene rings is 1. The first-order valence-corrected chi connectivity index (χ1v) is 11.7. The minimum atomic E-state index is 0.242. The Labute approximate surface area is 188 Å². The van der Waals surface area contributed by atoms with Gasteiger partial charge in [0.2, 0.25) is 0 Å². The number of hydrogen-bond acceptors (Lipinski definition) is 5. The fraction of sp³-hybridized carbons (Fsp3) is 0.708. The summed E-state index contributed by atoms with van der Waals surface area (Å²) in [6, 6.07) is 8.57. The molecule has 1 heterocycles. The van der Waals surface area contributed by atoms with E-state index in [0.717, 1.165) is 83.6 Å². The lowest BCUT2D eigenvalue weighted by molar-refractivity contribution is 0.0203. The molecule has 0 radical (unpaired) electrons. The molecule has 2 rings (SSSR count). The van der Waals surface area contributed by atoms with Gasteiger partial charge < -0.3 is 24.8 Å². The van der Waals surface area contributed by atoms with Gasteiger partial charge in [0.25, 0.3) is 0 Å². The van der Waals surface area contributed by atoms with Crippen molar-refractivity contribution in [2.24, 2.45) is 10.9 Å². The maximum absolute atomic E-state index is 5.85. The Bertz CT molecular complexity index is 631. The average Bonchev–Trinajstić information content (AvgIpc) is 2.83. The summed E-state index contributed by atoms with van der Waals surface area (Å²) in [5.41, 5.74) is 1.24. The summed E-state index contributed by atoms with van der Waals surface area (Å²) < 4.78 is 16.7. The number of aliphatic imine (C=N–C) groups is 1. The van der Waals surface area contributed by atoms with E-state index in [1.807, 2.05) is 13.1 Å². The Balaban J connectivity index is 1.76. The van der Waals surface area contributed by atoms with Crippen LogP contribution in [0.1, 0.15) is 44.7 Å². The Morgan fingerprint density at radius 2 is 2.00 bits per heavy atom. The van der Waals surface area contributed by atoms with Gasteiger partial charge in [-0.05, 0) is 56.0 Å². The molecule has 0 spiro atoms. The third kappa shape index (κ3) is 9.05. The predicted molar refractivity (Wildman–Crippen MR) is 127 cm³/mol. The van der Waals surface area contributed by atoms with Gasteiger partial charge in [0, 0.05) is 46.6 Å². The van der Waals surface area contributed by atoms with Crippen LogP contribution in [0, 0.1) is 5.92 Å². The minimum absolute atomic E-state index is 0.242. The summed E-state index contributed by atoms with van der Waals surface area (Å²) in [7, 11) is 3.53. The molecule has 1 fully saturated rings. The zero-order chi connectivity index (χ0) is 22.3. The molecule has 0 saturated carbocycles. The van der Waals surface area contributed by atoms with Crippen molar-refractivity contribution in [3.63, 3.8) is 0 Å². The average molecular weight is 435 g/mol. The Kier molecular flexibility index (Phi) is 12.3. The van der Waals surface area contributed by atoms with Crippen LogP contribution in [0.5, 0.6) is 5.75 Å². The molecule has 2 N–H and O–H groups in total. The van der Waals surface area contributed by atoms with E-state index in [0.29, 0.717) is 5.92 Å². The monoisotopic (exact) mass is 434 g/mol. The summed E-state index contributed by atoms with van der Waals surface area (Å²) in [5.74, 6) is 2.37. The lowest BCUT2D eigenvalue weighted by Gasteiger charge is -2.31. The third-order valence-electron chi connectivity index (χ3n) is 5.87. The van der Waals surface area contributed by atoms with Crippen molar-refractivity contribution in [2.75, 3.05) is 66.8 Å². The predicted octanol–water partition coefficient (Wildman–Crippen LogP) is 3.08. The van der Waals surface area contributed by atoms with E-state index in [9.17, 15) is 0 Å². The molecule has 1 atom stereocenters. The highest BCUT2D eigenvalue weighted by molar-refractivity contribution is 5.79. The van der Waals surface area contributed by atoms with Gasteiger partial charge in [-0.25, -0.2) is 0 Å². The molecule has 7 heteroatoms. The molecule has 1 aromatic carbocycles. The van der Waals surface area contributed by atoms with Crippen molar-refractivity contribution in [1.82, 2.24) is 15.5 Å². The Morgan fingerprint density at radius 3 is 2.68 bits per heavy atom. The quantitative estimate of drug-likeness (QED) is 0.283. The molecule has 0 aliphatic carbocycles. The van der Waals surface area contributed by atoms with Crippen LogP contribution in [-0.4, -0.2) is 77.6 Å². The van der Waals surface area contributed by atoms with Crippen molar-refractivity contribution >= 4 is 5.96 Å². The molecule has 1 aliphatic heterocycles. The van der Waals surface area contributed by atoms with E-state index in [4.69, 9.17) is 14.2 Å². The minimum Gasteiger partial charge on any atom is -0.497 e.